The normalized spacial score (nSPS) is 10.7. The molecule has 0 radical (unpaired) electrons. The molecule has 0 saturated heterocycles. The molecule has 3 aromatic carbocycles. The number of benzene rings is 3. The van der Waals surface area contributed by atoms with Crippen LogP contribution in [-0.4, -0.2) is 25.3 Å². The van der Waals surface area contributed by atoms with Crippen LogP contribution in [0.4, 0.5) is 0 Å². The Bertz CT molecular complexity index is 908. The molecule has 0 aliphatic heterocycles. The van der Waals surface area contributed by atoms with E-state index in [1.807, 2.05) is 24.3 Å². The zero-order valence-electron chi connectivity index (χ0n) is 15.1. The number of ether oxygens (including phenoxy) is 1. The molecule has 0 aliphatic rings. The maximum Gasteiger partial charge on any atom is 0.230 e. The molecule has 0 saturated carbocycles. The molecule has 0 aromatic heterocycles. The van der Waals surface area contributed by atoms with E-state index in [1.54, 1.807) is 18.9 Å². The van der Waals surface area contributed by atoms with E-state index >= 15 is 0 Å². The van der Waals surface area contributed by atoms with Crippen LogP contribution in [0.3, 0.4) is 0 Å². The second-order valence-corrected chi connectivity index (χ2v) is 7.26. The number of carbonyl (C=O) groups is 1. The topological polar surface area (TPSA) is 38.3 Å². The van der Waals surface area contributed by atoms with Gasteiger partial charge in [0.1, 0.15) is 5.75 Å². The number of carbonyl (C=O) groups excluding carboxylic acids is 1. The first-order valence-electron chi connectivity index (χ1n) is 8.67. The molecule has 1 N–H and O–H groups in total. The van der Waals surface area contributed by atoms with Gasteiger partial charge in [0.2, 0.25) is 5.91 Å². The van der Waals surface area contributed by atoms with Gasteiger partial charge in [-0.15, -0.1) is 11.8 Å². The predicted octanol–water partition coefficient (Wildman–Crippen LogP) is 4.61. The summed E-state index contributed by atoms with van der Waals surface area (Å²) in [4.78, 5) is 13.2. The van der Waals surface area contributed by atoms with Crippen molar-refractivity contribution in [3.63, 3.8) is 0 Å². The molecule has 3 rings (SSSR count). The molecule has 0 fully saturated rings. The van der Waals surface area contributed by atoms with E-state index in [-0.39, 0.29) is 5.91 Å². The smallest absolute Gasteiger partial charge is 0.230 e. The van der Waals surface area contributed by atoms with Crippen molar-refractivity contribution in [2.24, 2.45) is 0 Å². The number of aryl methyl sites for hydroxylation is 1. The molecule has 0 unspecified atom stereocenters. The minimum atomic E-state index is 0.0507. The summed E-state index contributed by atoms with van der Waals surface area (Å²) >= 11 is 1.56. The summed E-state index contributed by atoms with van der Waals surface area (Å²) in [6, 6.07) is 20.7. The lowest BCUT2D eigenvalue weighted by atomic mass is 10.1. The van der Waals surface area contributed by atoms with Gasteiger partial charge in [0.25, 0.3) is 0 Å². The largest absolute Gasteiger partial charge is 0.496 e. The number of nitrogens with one attached hydrogen (secondary N) is 1. The van der Waals surface area contributed by atoms with Gasteiger partial charge in [-0.3, -0.25) is 4.79 Å². The molecule has 3 aromatic rings. The first kappa shape index (κ1) is 18.3. The van der Waals surface area contributed by atoms with E-state index in [0.717, 1.165) is 22.6 Å². The van der Waals surface area contributed by atoms with Crippen molar-refractivity contribution in [3.8, 4) is 5.75 Å². The molecule has 0 spiro atoms. The molecule has 1 amide bonds. The first-order valence-corrected chi connectivity index (χ1v) is 9.66. The number of thioether (sulfide) groups is 1. The molecular formula is C22H23NO2S. The summed E-state index contributed by atoms with van der Waals surface area (Å²) in [6.07, 6.45) is 0.761. The second-order valence-electron chi connectivity index (χ2n) is 6.21. The van der Waals surface area contributed by atoms with Crippen molar-refractivity contribution in [2.75, 3.05) is 19.4 Å². The number of hydrogen-bond donors (Lipinski definition) is 1. The molecular weight excluding hydrogens is 342 g/mol. The van der Waals surface area contributed by atoms with Gasteiger partial charge in [-0.25, -0.2) is 0 Å². The fourth-order valence-corrected chi connectivity index (χ4v) is 3.67. The highest BCUT2D eigenvalue weighted by atomic mass is 32.2. The third-order valence-corrected chi connectivity index (χ3v) is 5.24. The van der Waals surface area contributed by atoms with Crippen LogP contribution in [0.2, 0.25) is 0 Å². The van der Waals surface area contributed by atoms with Crippen LogP contribution >= 0.6 is 11.8 Å². The fraction of sp³-hybridized carbons (Fsp3) is 0.227. The van der Waals surface area contributed by atoms with Gasteiger partial charge in [-0.1, -0.05) is 48.0 Å². The summed E-state index contributed by atoms with van der Waals surface area (Å²) in [5, 5.41) is 5.41. The summed E-state index contributed by atoms with van der Waals surface area (Å²) in [7, 11) is 1.67. The molecule has 3 nitrogen and oxygen atoms in total. The number of hydrogen-bond acceptors (Lipinski definition) is 3. The molecule has 0 aliphatic carbocycles. The minimum absolute atomic E-state index is 0.0507. The number of rotatable bonds is 7. The zero-order chi connectivity index (χ0) is 18.4. The maximum atomic E-state index is 12.1. The van der Waals surface area contributed by atoms with Gasteiger partial charge in [-0.2, -0.15) is 0 Å². The highest BCUT2D eigenvalue weighted by Gasteiger charge is 2.06. The Hall–Kier alpha value is -2.46. The Morgan fingerprint density at radius 2 is 1.85 bits per heavy atom. The van der Waals surface area contributed by atoms with Crippen LogP contribution in [0.15, 0.2) is 65.6 Å². The van der Waals surface area contributed by atoms with Crippen LogP contribution in [0.5, 0.6) is 5.75 Å². The van der Waals surface area contributed by atoms with E-state index in [0.29, 0.717) is 12.3 Å². The Labute approximate surface area is 158 Å². The van der Waals surface area contributed by atoms with Gasteiger partial charge in [-0.05, 0) is 47.9 Å². The third kappa shape index (κ3) is 4.79. The lowest BCUT2D eigenvalue weighted by Gasteiger charge is -2.10. The Morgan fingerprint density at radius 1 is 1.04 bits per heavy atom. The van der Waals surface area contributed by atoms with Crippen molar-refractivity contribution < 1.29 is 9.53 Å². The van der Waals surface area contributed by atoms with Gasteiger partial charge in [0.15, 0.2) is 0 Å². The second kappa shape index (κ2) is 8.77. The number of fused-ring (bicyclic) bond motifs is 1. The fourth-order valence-electron chi connectivity index (χ4n) is 2.90. The summed E-state index contributed by atoms with van der Waals surface area (Å²) in [6.45, 7) is 2.67. The molecule has 4 heteroatoms. The van der Waals surface area contributed by atoms with Crippen LogP contribution in [0.25, 0.3) is 10.8 Å². The van der Waals surface area contributed by atoms with E-state index in [1.165, 1.54) is 16.3 Å². The average molecular weight is 365 g/mol. The predicted molar refractivity (Wildman–Crippen MR) is 109 cm³/mol. The van der Waals surface area contributed by atoms with E-state index in [2.05, 4.69) is 48.6 Å². The third-order valence-electron chi connectivity index (χ3n) is 4.24. The lowest BCUT2D eigenvalue weighted by Crippen LogP contribution is -2.27. The van der Waals surface area contributed by atoms with Crippen molar-refractivity contribution in [1.29, 1.82) is 0 Å². The van der Waals surface area contributed by atoms with E-state index in [4.69, 9.17) is 4.74 Å². The molecule has 0 bridgehead atoms. The van der Waals surface area contributed by atoms with Crippen molar-refractivity contribution >= 4 is 28.4 Å². The Morgan fingerprint density at radius 3 is 2.65 bits per heavy atom. The summed E-state index contributed by atoms with van der Waals surface area (Å²) in [5.74, 6) is 1.34. The van der Waals surface area contributed by atoms with Crippen molar-refractivity contribution in [2.45, 2.75) is 18.2 Å². The standard InChI is InChI=1S/C22H23NO2S/c1-16-7-10-21(25-2)19(13-16)11-12-23-22(24)15-26-20-9-8-17-5-3-4-6-18(17)14-20/h3-10,13-14H,11-12,15H2,1-2H3,(H,23,24). The quantitative estimate of drug-likeness (QED) is 0.622. The molecule has 26 heavy (non-hydrogen) atoms. The van der Waals surface area contributed by atoms with Crippen LogP contribution < -0.4 is 10.1 Å². The Kier molecular flexibility index (Phi) is 6.18. The van der Waals surface area contributed by atoms with Crippen molar-refractivity contribution in [3.05, 3.63) is 71.8 Å². The van der Waals surface area contributed by atoms with Gasteiger partial charge < -0.3 is 10.1 Å². The van der Waals surface area contributed by atoms with Crippen molar-refractivity contribution in [1.82, 2.24) is 5.32 Å². The maximum absolute atomic E-state index is 12.1. The zero-order valence-corrected chi connectivity index (χ0v) is 15.9. The van der Waals surface area contributed by atoms with Crippen LogP contribution in [0, 0.1) is 6.92 Å². The van der Waals surface area contributed by atoms with E-state index < -0.39 is 0 Å². The highest BCUT2D eigenvalue weighted by molar-refractivity contribution is 8.00. The van der Waals surface area contributed by atoms with Gasteiger partial charge in [0.05, 0.1) is 12.9 Å². The number of amides is 1. The highest BCUT2D eigenvalue weighted by Crippen LogP contribution is 2.23. The van der Waals surface area contributed by atoms with Crippen LogP contribution in [-0.2, 0) is 11.2 Å². The Balaban J connectivity index is 1.49. The number of methoxy groups -OCH3 is 1. The SMILES string of the molecule is COc1ccc(C)cc1CCNC(=O)CSc1ccc2ccccc2c1. The van der Waals surface area contributed by atoms with E-state index in [9.17, 15) is 4.79 Å². The molecule has 0 heterocycles. The summed E-state index contributed by atoms with van der Waals surface area (Å²) < 4.78 is 5.38. The monoisotopic (exact) mass is 365 g/mol. The molecule has 134 valence electrons. The van der Waals surface area contributed by atoms with Gasteiger partial charge in [0, 0.05) is 11.4 Å². The molecule has 0 atom stereocenters. The first-order chi connectivity index (χ1) is 12.7. The summed E-state index contributed by atoms with van der Waals surface area (Å²) in [5.41, 5.74) is 2.31. The van der Waals surface area contributed by atoms with Gasteiger partial charge >= 0.3 is 0 Å². The van der Waals surface area contributed by atoms with Crippen LogP contribution in [0.1, 0.15) is 11.1 Å². The average Bonchev–Trinajstić information content (AvgIpc) is 2.66. The lowest BCUT2D eigenvalue weighted by molar-refractivity contribution is -0.118. The minimum Gasteiger partial charge on any atom is -0.496 e.